The summed E-state index contributed by atoms with van der Waals surface area (Å²) in [5.41, 5.74) is 7.59. The van der Waals surface area contributed by atoms with E-state index in [0.717, 1.165) is 18.7 Å². The first-order chi connectivity index (χ1) is 13.2. The van der Waals surface area contributed by atoms with E-state index in [2.05, 4.69) is 20.2 Å². The number of piperidine rings is 1. The van der Waals surface area contributed by atoms with Crippen LogP contribution in [0.1, 0.15) is 29.6 Å². The zero-order valence-corrected chi connectivity index (χ0v) is 15.3. The Morgan fingerprint density at radius 1 is 1.15 bits per heavy atom. The van der Waals surface area contributed by atoms with E-state index >= 15 is 0 Å². The van der Waals surface area contributed by atoms with Gasteiger partial charge in [-0.05, 0) is 25.9 Å². The summed E-state index contributed by atoms with van der Waals surface area (Å²) in [5, 5.41) is 3.15. The number of hydrogen-bond donors (Lipinski definition) is 2. The number of nitrogens with one attached hydrogen (secondary N) is 1. The number of aromatic nitrogens is 2. The Hall–Kier alpha value is -2.51. The highest BCUT2D eigenvalue weighted by molar-refractivity contribution is 6.00. The lowest BCUT2D eigenvalue weighted by molar-refractivity contribution is 0.0900. The van der Waals surface area contributed by atoms with Crippen LogP contribution in [0.5, 0.6) is 0 Å². The first-order valence-electron chi connectivity index (χ1n) is 9.53. The van der Waals surface area contributed by atoms with E-state index in [4.69, 9.17) is 10.5 Å². The van der Waals surface area contributed by atoms with Crippen molar-refractivity contribution in [1.29, 1.82) is 0 Å². The summed E-state index contributed by atoms with van der Waals surface area (Å²) >= 11 is 0. The van der Waals surface area contributed by atoms with Crippen LogP contribution in [0.15, 0.2) is 36.5 Å². The SMILES string of the molecule is Nc1ncc(C(=O)NC2COCC2N2CCCCC2)c(-c2ccccc2)n1. The van der Waals surface area contributed by atoms with Crippen molar-refractivity contribution in [3.63, 3.8) is 0 Å². The molecule has 4 rings (SSSR count). The van der Waals surface area contributed by atoms with Gasteiger partial charge in [-0.15, -0.1) is 0 Å². The molecule has 0 saturated carbocycles. The normalized spacial score (nSPS) is 23.3. The molecule has 0 radical (unpaired) electrons. The zero-order valence-electron chi connectivity index (χ0n) is 15.3. The molecule has 3 heterocycles. The largest absolute Gasteiger partial charge is 0.378 e. The molecule has 1 aromatic carbocycles. The van der Waals surface area contributed by atoms with Gasteiger partial charge < -0.3 is 15.8 Å². The predicted octanol–water partition coefficient (Wildman–Crippen LogP) is 1.71. The second kappa shape index (κ2) is 8.02. The number of nitrogens with zero attached hydrogens (tertiary/aromatic N) is 3. The molecule has 2 aliphatic heterocycles. The first-order valence-corrected chi connectivity index (χ1v) is 9.53. The molecule has 7 heteroatoms. The number of carbonyl (C=O) groups is 1. The van der Waals surface area contributed by atoms with Gasteiger partial charge in [0.2, 0.25) is 5.95 Å². The molecule has 0 aliphatic carbocycles. The van der Waals surface area contributed by atoms with E-state index in [9.17, 15) is 4.79 Å². The molecule has 2 aliphatic rings. The van der Waals surface area contributed by atoms with E-state index in [1.165, 1.54) is 25.5 Å². The van der Waals surface area contributed by atoms with Crippen LogP contribution >= 0.6 is 0 Å². The summed E-state index contributed by atoms with van der Waals surface area (Å²) in [6.45, 7) is 3.33. The number of likely N-dealkylation sites (tertiary alicyclic amines) is 1. The maximum absolute atomic E-state index is 13.0. The molecule has 0 bridgehead atoms. The van der Waals surface area contributed by atoms with Crippen molar-refractivity contribution < 1.29 is 9.53 Å². The Bertz CT molecular complexity index is 792. The number of nitrogen functional groups attached to an aromatic ring is 1. The highest BCUT2D eigenvalue weighted by Crippen LogP contribution is 2.23. The summed E-state index contributed by atoms with van der Waals surface area (Å²) in [7, 11) is 0. The van der Waals surface area contributed by atoms with Gasteiger partial charge in [-0.2, -0.15) is 0 Å². The average molecular weight is 367 g/mol. The molecule has 1 amide bonds. The topological polar surface area (TPSA) is 93.4 Å². The van der Waals surface area contributed by atoms with Gasteiger partial charge in [0, 0.05) is 11.8 Å². The molecule has 0 spiro atoms. The van der Waals surface area contributed by atoms with Crippen molar-refractivity contribution in [2.45, 2.75) is 31.3 Å². The van der Waals surface area contributed by atoms with Crippen molar-refractivity contribution in [2.75, 3.05) is 32.0 Å². The number of anilines is 1. The minimum atomic E-state index is -0.189. The van der Waals surface area contributed by atoms with Gasteiger partial charge in [0.15, 0.2) is 0 Å². The molecule has 2 fully saturated rings. The maximum atomic E-state index is 13.0. The van der Waals surface area contributed by atoms with Crippen LogP contribution in [0.3, 0.4) is 0 Å². The molecule has 2 saturated heterocycles. The van der Waals surface area contributed by atoms with Gasteiger partial charge in [0.25, 0.3) is 5.91 Å². The Labute approximate surface area is 158 Å². The van der Waals surface area contributed by atoms with Crippen molar-refractivity contribution in [2.24, 2.45) is 0 Å². The number of rotatable bonds is 4. The fourth-order valence-electron chi connectivity index (χ4n) is 3.91. The minimum Gasteiger partial charge on any atom is -0.378 e. The summed E-state index contributed by atoms with van der Waals surface area (Å²) < 4.78 is 5.69. The van der Waals surface area contributed by atoms with Gasteiger partial charge in [-0.1, -0.05) is 36.8 Å². The number of ether oxygens (including phenoxy) is 1. The average Bonchev–Trinajstić information content (AvgIpc) is 3.17. The van der Waals surface area contributed by atoms with Gasteiger partial charge in [-0.3, -0.25) is 9.69 Å². The second-order valence-corrected chi connectivity index (χ2v) is 7.14. The fourth-order valence-corrected chi connectivity index (χ4v) is 3.91. The molecular weight excluding hydrogens is 342 g/mol. The lowest BCUT2D eigenvalue weighted by Crippen LogP contribution is -2.52. The smallest absolute Gasteiger partial charge is 0.255 e. The molecule has 142 valence electrons. The summed E-state index contributed by atoms with van der Waals surface area (Å²) in [5.74, 6) is -0.0350. The molecule has 7 nitrogen and oxygen atoms in total. The lowest BCUT2D eigenvalue weighted by Gasteiger charge is -2.34. The summed E-state index contributed by atoms with van der Waals surface area (Å²) in [4.78, 5) is 23.8. The predicted molar refractivity (Wildman–Crippen MR) is 103 cm³/mol. The quantitative estimate of drug-likeness (QED) is 0.854. The summed E-state index contributed by atoms with van der Waals surface area (Å²) in [6.07, 6.45) is 5.21. The van der Waals surface area contributed by atoms with Crippen molar-refractivity contribution in [3.8, 4) is 11.3 Å². The molecule has 1 aromatic heterocycles. The maximum Gasteiger partial charge on any atom is 0.255 e. The Kier molecular flexibility index (Phi) is 5.31. The molecule has 2 unspecified atom stereocenters. The monoisotopic (exact) mass is 367 g/mol. The van der Waals surface area contributed by atoms with Crippen LogP contribution < -0.4 is 11.1 Å². The zero-order chi connectivity index (χ0) is 18.6. The van der Waals surface area contributed by atoms with Gasteiger partial charge in [-0.25, -0.2) is 9.97 Å². The Morgan fingerprint density at radius 2 is 1.93 bits per heavy atom. The third kappa shape index (κ3) is 3.94. The van der Waals surface area contributed by atoms with Gasteiger partial charge in [0.1, 0.15) is 0 Å². The van der Waals surface area contributed by atoms with Crippen LogP contribution in [0.4, 0.5) is 5.95 Å². The molecule has 3 N–H and O–H groups in total. The molecule has 27 heavy (non-hydrogen) atoms. The highest BCUT2D eigenvalue weighted by atomic mass is 16.5. The third-order valence-electron chi connectivity index (χ3n) is 5.33. The molecule has 2 atom stereocenters. The van der Waals surface area contributed by atoms with Crippen LogP contribution in [0.25, 0.3) is 11.3 Å². The number of nitrogens with two attached hydrogens (primary N) is 1. The van der Waals surface area contributed by atoms with Crippen LogP contribution in [-0.4, -0.2) is 59.2 Å². The van der Waals surface area contributed by atoms with Crippen LogP contribution in [0, 0.1) is 0 Å². The summed E-state index contributed by atoms with van der Waals surface area (Å²) in [6, 6.07) is 9.76. The van der Waals surface area contributed by atoms with Crippen molar-refractivity contribution in [3.05, 3.63) is 42.1 Å². The molecule has 2 aromatic rings. The van der Waals surface area contributed by atoms with Crippen molar-refractivity contribution >= 4 is 11.9 Å². The number of amides is 1. The number of carbonyl (C=O) groups excluding carboxylic acids is 1. The minimum absolute atomic E-state index is 0.0308. The van der Waals surface area contributed by atoms with Gasteiger partial charge in [0.05, 0.1) is 36.6 Å². The Morgan fingerprint density at radius 3 is 2.70 bits per heavy atom. The van der Waals surface area contributed by atoms with Gasteiger partial charge >= 0.3 is 0 Å². The highest BCUT2D eigenvalue weighted by Gasteiger charge is 2.35. The van der Waals surface area contributed by atoms with Crippen LogP contribution in [-0.2, 0) is 4.74 Å². The van der Waals surface area contributed by atoms with E-state index in [-0.39, 0.29) is 23.9 Å². The van der Waals surface area contributed by atoms with Crippen LogP contribution in [0.2, 0.25) is 0 Å². The van der Waals surface area contributed by atoms with E-state index in [0.29, 0.717) is 24.5 Å². The second-order valence-electron chi connectivity index (χ2n) is 7.14. The number of hydrogen-bond acceptors (Lipinski definition) is 6. The third-order valence-corrected chi connectivity index (χ3v) is 5.33. The standard InChI is InChI=1S/C20H25N5O2/c21-20-22-11-15(18(24-20)14-7-3-1-4-8-14)19(26)23-16-12-27-13-17(16)25-9-5-2-6-10-25/h1,3-4,7-8,11,16-17H,2,5-6,9-10,12-13H2,(H,23,26)(H2,21,22,24). The fraction of sp³-hybridized carbons (Fsp3) is 0.450. The lowest BCUT2D eigenvalue weighted by atomic mass is 10.0. The number of benzene rings is 1. The van der Waals surface area contributed by atoms with E-state index < -0.39 is 0 Å². The van der Waals surface area contributed by atoms with Crippen molar-refractivity contribution in [1.82, 2.24) is 20.2 Å². The van der Waals surface area contributed by atoms with E-state index in [1.807, 2.05) is 30.3 Å². The Balaban J connectivity index is 1.54. The first kappa shape index (κ1) is 17.9. The molecular formula is C20H25N5O2. The van der Waals surface area contributed by atoms with E-state index in [1.54, 1.807) is 0 Å².